The predicted molar refractivity (Wildman–Crippen MR) is 41.6 cm³/mol. The van der Waals surface area contributed by atoms with E-state index < -0.39 is 6.29 Å². The zero-order valence-electron chi connectivity index (χ0n) is 7.50. The lowest BCUT2D eigenvalue weighted by atomic mass is 10.3. The van der Waals surface area contributed by atoms with E-state index in [-0.39, 0.29) is 6.29 Å². The van der Waals surface area contributed by atoms with E-state index in [0.29, 0.717) is 6.42 Å². The van der Waals surface area contributed by atoms with Crippen molar-refractivity contribution in [1.29, 1.82) is 0 Å². The number of methoxy groups -OCH3 is 1. The average Bonchev–Trinajstić information content (AvgIpc) is 2.03. The van der Waals surface area contributed by atoms with Gasteiger partial charge in [0.1, 0.15) is 0 Å². The molecule has 3 heteroatoms. The van der Waals surface area contributed by atoms with Gasteiger partial charge in [-0.15, -0.1) is 0 Å². The Morgan fingerprint density at radius 2 is 2.00 bits per heavy atom. The largest absolute Gasteiger partial charge is 0.356 e. The lowest BCUT2D eigenvalue weighted by Crippen LogP contribution is -2.21. The molecule has 0 aliphatic carbocycles. The van der Waals surface area contributed by atoms with E-state index in [1.165, 1.54) is 0 Å². The average molecular weight is 161 g/mol. The fraction of sp³-hybridized carbons (Fsp3) is 1.00. The molecule has 0 spiro atoms. The van der Waals surface area contributed by atoms with Crippen molar-refractivity contribution in [2.24, 2.45) is 0 Å². The fourth-order valence-corrected chi connectivity index (χ4v) is 0.743. The fourth-order valence-electron chi connectivity index (χ4n) is 0.743. The van der Waals surface area contributed by atoms with E-state index in [0.717, 1.165) is 12.8 Å². The topological polar surface area (TPSA) is 38.4 Å². The standard InChI is InChI=1S/C8H17O3/c1-4-6-8(10-3)11-7(9)5-2/h7-8H,4-6H2,1-3H3. The molecule has 0 amide bonds. The van der Waals surface area contributed by atoms with Gasteiger partial charge in [-0.25, -0.2) is 5.11 Å². The third-order valence-corrected chi connectivity index (χ3v) is 1.42. The monoisotopic (exact) mass is 161 g/mol. The minimum absolute atomic E-state index is 0.317. The molecule has 67 valence electrons. The van der Waals surface area contributed by atoms with Gasteiger partial charge in [0.15, 0.2) is 12.6 Å². The molecular formula is C8H17O3. The summed E-state index contributed by atoms with van der Waals surface area (Å²) in [5.41, 5.74) is 0. The van der Waals surface area contributed by atoms with Crippen LogP contribution in [0.15, 0.2) is 0 Å². The molecule has 0 saturated carbocycles. The smallest absolute Gasteiger partial charge is 0.194 e. The molecule has 2 unspecified atom stereocenters. The lowest BCUT2D eigenvalue weighted by Gasteiger charge is -2.17. The third kappa shape index (κ3) is 5.18. The van der Waals surface area contributed by atoms with Crippen LogP contribution in [0.25, 0.3) is 0 Å². The molecule has 0 rings (SSSR count). The molecule has 0 aliphatic heterocycles. The van der Waals surface area contributed by atoms with E-state index in [4.69, 9.17) is 9.47 Å². The molecule has 0 aromatic heterocycles. The van der Waals surface area contributed by atoms with Crippen molar-refractivity contribution >= 4 is 0 Å². The number of ether oxygens (including phenoxy) is 2. The highest BCUT2D eigenvalue weighted by molar-refractivity contribution is 4.43. The minimum atomic E-state index is -0.938. The molecule has 0 aromatic carbocycles. The van der Waals surface area contributed by atoms with Crippen LogP contribution >= 0.6 is 0 Å². The second-order valence-corrected chi connectivity index (χ2v) is 2.43. The third-order valence-electron chi connectivity index (χ3n) is 1.42. The number of rotatable bonds is 6. The Labute approximate surface area is 68.3 Å². The second-order valence-electron chi connectivity index (χ2n) is 2.43. The summed E-state index contributed by atoms with van der Waals surface area (Å²) in [6.45, 7) is 3.83. The molecule has 2 atom stereocenters. The Balaban J connectivity index is 3.49. The lowest BCUT2D eigenvalue weighted by molar-refractivity contribution is -0.241. The summed E-state index contributed by atoms with van der Waals surface area (Å²) in [6, 6.07) is 0. The van der Waals surface area contributed by atoms with Gasteiger partial charge in [-0.1, -0.05) is 20.3 Å². The Hall–Kier alpha value is -0.120. The van der Waals surface area contributed by atoms with Crippen molar-refractivity contribution < 1.29 is 14.6 Å². The predicted octanol–water partition coefficient (Wildman–Crippen LogP) is 1.94. The van der Waals surface area contributed by atoms with Gasteiger partial charge < -0.3 is 9.47 Å². The number of hydrogen-bond acceptors (Lipinski definition) is 2. The van der Waals surface area contributed by atoms with Crippen LogP contribution in [0, 0.1) is 0 Å². The van der Waals surface area contributed by atoms with Gasteiger partial charge in [-0.3, -0.25) is 0 Å². The van der Waals surface area contributed by atoms with E-state index >= 15 is 0 Å². The Kier molecular flexibility index (Phi) is 6.51. The van der Waals surface area contributed by atoms with Gasteiger partial charge in [-0.05, 0) is 12.8 Å². The molecule has 0 heterocycles. The molecule has 0 fully saturated rings. The highest BCUT2D eigenvalue weighted by atomic mass is 16.7. The van der Waals surface area contributed by atoms with Gasteiger partial charge in [0.05, 0.1) is 0 Å². The highest BCUT2D eigenvalue weighted by Crippen LogP contribution is 2.06. The van der Waals surface area contributed by atoms with E-state index in [1.54, 1.807) is 14.0 Å². The van der Waals surface area contributed by atoms with Gasteiger partial charge in [-0.2, -0.15) is 0 Å². The summed E-state index contributed by atoms with van der Waals surface area (Å²) in [5.74, 6) is 0. The quantitative estimate of drug-likeness (QED) is 0.558. The normalized spacial score (nSPS) is 16.4. The molecule has 0 N–H and O–H groups in total. The van der Waals surface area contributed by atoms with Crippen molar-refractivity contribution in [3.63, 3.8) is 0 Å². The van der Waals surface area contributed by atoms with Gasteiger partial charge in [0.25, 0.3) is 0 Å². The molecule has 11 heavy (non-hydrogen) atoms. The Morgan fingerprint density at radius 3 is 2.36 bits per heavy atom. The van der Waals surface area contributed by atoms with Crippen molar-refractivity contribution in [3.05, 3.63) is 0 Å². The maximum absolute atomic E-state index is 10.8. The molecule has 0 aliphatic rings. The summed E-state index contributed by atoms with van der Waals surface area (Å²) in [4.78, 5) is 0. The van der Waals surface area contributed by atoms with Crippen LogP contribution in [-0.2, 0) is 14.6 Å². The van der Waals surface area contributed by atoms with E-state index in [1.807, 2.05) is 6.92 Å². The van der Waals surface area contributed by atoms with Crippen LogP contribution < -0.4 is 0 Å². The molecule has 1 radical (unpaired) electrons. The van der Waals surface area contributed by atoms with E-state index in [9.17, 15) is 5.11 Å². The van der Waals surface area contributed by atoms with Crippen molar-refractivity contribution in [2.45, 2.75) is 45.7 Å². The summed E-state index contributed by atoms with van der Waals surface area (Å²) >= 11 is 0. The van der Waals surface area contributed by atoms with Crippen LogP contribution in [-0.4, -0.2) is 19.7 Å². The second kappa shape index (κ2) is 6.58. The maximum Gasteiger partial charge on any atom is 0.194 e. The first-order chi connectivity index (χ1) is 5.24. The first kappa shape index (κ1) is 10.9. The zero-order valence-corrected chi connectivity index (χ0v) is 7.50. The SMILES string of the molecule is CCCC(OC)OC([O])CC. The summed E-state index contributed by atoms with van der Waals surface area (Å²) in [5, 5.41) is 10.8. The summed E-state index contributed by atoms with van der Waals surface area (Å²) in [7, 11) is 1.56. The van der Waals surface area contributed by atoms with Crippen LogP contribution in [0.2, 0.25) is 0 Å². The first-order valence-electron chi connectivity index (χ1n) is 4.08. The Morgan fingerprint density at radius 1 is 1.36 bits per heavy atom. The maximum atomic E-state index is 10.8. The zero-order chi connectivity index (χ0) is 8.69. The molecule has 0 bridgehead atoms. The summed E-state index contributed by atoms with van der Waals surface area (Å²) in [6.07, 6.45) is 0.988. The molecule has 3 nitrogen and oxygen atoms in total. The van der Waals surface area contributed by atoms with Crippen LogP contribution in [0.1, 0.15) is 33.1 Å². The number of hydrogen-bond donors (Lipinski definition) is 0. The van der Waals surface area contributed by atoms with Crippen molar-refractivity contribution in [2.75, 3.05) is 7.11 Å². The minimum Gasteiger partial charge on any atom is -0.356 e. The van der Waals surface area contributed by atoms with Gasteiger partial charge in [0, 0.05) is 7.11 Å². The Bertz CT molecular complexity index is 85.4. The molecular weight excluding hydrogens is 144 g/mol. The van der Waals surface area contributed by atoms with E-state index in [2.05, 4.69) is 0 Å². The molecule has 0 aromatic rings. The van der Waals surface area contributed by atoms with Gasteiger partial charge in [0.2, 0.25) is 0 Å². The van der Waals surface area contributed by atoms with Crippen LogP contribution in [0.5, 0.6) is 0 Å². The first-order valence-corrected chi connectivity index (χ1v) is 4.08. The highest BCUT2D eigenvalue weighted by Gasteiger charge is 2.11. The van der Waals surface area contributed by atoms with Crippen molar-refractivity contribution in [3.8, 4) is 0 Å². The van der Waals surface area contributed by atoms with Crippen molar-refractivity contribution in [1.82, 2.24) is 0 Å². The van der Waals surface area contributed by atoms with Crippen LogP contribution in [0.3, 0.4) is 0 Å². The summed E-state index contributed by atoms with van der Waals surface area (Å²) < 4.78 is 9.95. The van der Waals surface area contributed by atoms with Crippen LogP contribution in [0.4, 0.5) is 0 Å². The van der Waals surface area contributed by atoms with Gasteiger partial charge >= 0.3 is 0 Å². The molecule has 0 saturated heterocycles.